The van der Waals surface area contributed by atoms with Gasteiger partial charge in [0.25, 0.3) is 0 Å². The van der Waals surface area contributed by atoms with Gasteiger partial charge in [-0.25, -0.2) is 0 Å². The lowest BCUT2D eigenvalue weighted by molar-refractivity contribution is -0.123. The van der Waals surface area contributed by atoms with Crippen molar-refractivity contribution in [3.8, 4) is 0 Å². The van der Waals surface area contributed by atoms with Crippen molar-refractivity contribution in [2.45, 2.75) is 38.1 Å². The second kappa shape index (κ2) is 7.99. The highest BCUT2D eigenvalue weighted by Gasteiger charge is 2.47. The number of para-hydroxylation sites is 2. The van der Waals surface area contributed by atoms with Gasteiger partial charge in [-0.1, -0.05) is 49.4 Å². The maximum Gasteiger partial charge on any atom is 0.227 e. The van der Waals surface area contributed by atoms with Crippen molar-refractivity contribution in [2.24, 2.45) is 10.9 Å². The van der Waals surface area contributed by atoms with E-state index in [1.807, 2.05) is 55.5 Å². The van der Waals surface area contributed by atoms with Crippen LogP contribution in [0.15, 0.2) is 82.4 Å². The summed E-state index contributed by atoms with van der Waals surface area (Å²) in [6.45, 7) is 1.84. The van der Waals surface area contributed by atoms with Crippen molar-refractivity contribution in [3.63, 3.8) is 0 Å². The van der Waals surface area contributed by atoms with Gasteiger partial charge in [-0.15, -0.1) is 0 Å². The number of carbonyl (C=O) groups excluding carboxylic acids is 2. The molecule has 5 nitrogen and oxygen atoms in total. The van der Waals surface area contributed by atoms with Crippen LogP contribution in [-0.4, -0.2) is 17.4 Å². The van der Waals surface area contributed by atoms with Gasteiger partial charge in [0.15, 0.2) is 0 Å². The normalized spacial score (nSPS) is 22.9. The standard InChI is InChI=1S/C26H24N2O3/c1-2-24(30)28-21-12-7-6-11-19(21)27-20-15-18(17-9-4-3-5-10-17)16-22(29)25(20)26(28)23-13-8-14-31-23/h3-14,18,25-26H,2,15-16H2,1H3/t18-,25?,26-/m1/s1. The molecule has 1 saturated carbocycles. The third-order valence-corrected chi connectivity index (χ3v) is 6.29. The summed E-state index contributed by atoms with van der Waals surface area (Å²) in [5.41, 5.74) is 3.41. The van der Waals surface area contributed by atoms with Gasteiger partial charge in [-0.05, 0) is 42.2 Å². The molecule has 1 aliphatic heterocycles. The van der Waals surface area contributed by atoms with Crippen LogP contribution in [-0.2, 0) is 9.59 Å². The molecule has 5 rings (SSSR count). The zero-order valence-corrected chi connectivity index (χ0v) is 17.4. The number of rotatable bonds is 3. The van der Waals surface area contributed by atoms with E-state index in [-0.39, 0.29) is 17.6 Å². The van der Waals surface area contributed by atoms with E-state index < -0.39 is 12.0 Å². The van der Waals surface area contributed by atoms with E-state index in [0.717, 1.165) is 22.6 Å². The Labute approximate surface area is 181 Å². The van der Waals surface area contributed by atoms with Crippen LogP contribution in [0.5, 0.6) is 0 Å². The van der Waals surface area contributed by atoms with E-state index in [2.05, 4.69) is 12.1 Å². The minimum absolute atomic E-state index is 0.0525. The summed E-state index contributed by atoms with van der Waals surface area (Å²) >= 11 is 0. The van der Waals surface area contributed by atoms with E-state index in [0.29, 0.717) is 25.0 Å². The average Bonchev–Trinajstić information content (AvgIpc) is 3.28. The molecule has 1 aromatic heterocycles. The smallest absolute Gasteiger partial charge is 0.227 e. The molecule has 0 N–H and O–H groups in total. The molecular weight excluding hydrogens is 388 g/mol. The highest BCUT2D eigenvalue weighted by Crippen LogP contribution is 2.47. The van der Waals surface area contributed by atoms with Crippen LogP contribution in [0.3, 0.4) is 0 Å². The Morgan fingerprint density at radius 2 is 1.81 bits per heavy atom. The topological polar surface area (TPSA) is 62.9 Å². The number of hydrogen-bond donors (Lipinski definition) is 0. The highest BCUT2D eigenvalue weighted by atomic mass is 16.3. The van der Waals surface area contributed by atoms with Gasteiger partial charge in [-0.2, -0.15) is 0 Å². The van der Waals surface area contributed by atoms with Crippen LogP contribution in [0, 0.1) is 5.92 Å². The molecule has 31 heavy (non-hydrogen) atoms. The lowest BCUT2D eigenvalue weighted by atomic mass is 9.73. The molecule has 1 amide bonds. The van der Waals surface area contributed by atoms with Gasteiger partial charge in [-0.3, -0.25) is 19.5 Å². The number of ketones is 1. The lowest BCUT2D eigenvalue weighted by Crippen LogP contribution is -2.45. The van der Waals surface area contributed by atoms with E-state index in [1.165, 1.54) is 0 Å². The van der Waals surface area contributed by atoms with Crippen LogP contribution in [0.2, 0.25) is 0 Å². The fourth-order valence-corrected chi connectivity index (χ4v) is 4.87. The molecule has 3 atom stereocenters. The predicted molar refractivity (Wildman–Crippen MR) is 120 cm³/mol. The van der Waals surface area contributed by atoms with Crippen LogP contribution >= 0.6 is 0 Å². The molecule has 2 heterocycles. The van der Waals surface area contributed by atoms with Crippen LogP contribution in [0.1, 0.15) is 49.5 Å². The number of anilines is 1. The maximum absolute atomic E-state index is 13.6. The van der Waals surface area contributed by atoms with Crippen molar-refractivity contribution < 1.29 is 14.0 Å². The van der Waals surface area contributed by atoms with E-state index in [1.54, 1.807) is 17.2 Å². The number of Topliss-reactive ketones (excluding diaryl/α,β-unsaturated/α-hetero) is 1. The molecule has 0 radical (unpaired) electrons. The SMILES string of the molecule is CCC(=O)N1c2ccccc2N=C2C[C@@H](c3ccccc3)CC(=O)C2[C@H]1c1ccco1. The molecule has 1 fully saturated rings. The summed E-state index contributed by atoms with van der Waals surface area (Å²) in [6.07, 6.45) is 3.03. The second-order valence-electron chi connectivity index (χ2n) is 8.13. The fourth-order valence-electron chi connectivity index (χ4n) is 4.87. The third kappa shape index (κ3) is 3.40. The van der Waals surface area contributed by atoms with Gasteiger partial charge < -0.3 is 4.42 Å². The molecule has 1 unspecified atom stereocenters. The first-order chi connectivity index (χ1) is 15.2. The first-order valence-corrected chi connectivity index (χ1v) is 10.8. The highest BCUT2D eigenvalue weighted by molar-refractivity contribution is 6.13. The van der Waals surface area contributed by atoms with Crippen LogP contribution in [0.25, 0.3) is 0 Å². The zero-order chi connectivity index (χ0) is 21.4. The van der Waals surface area contributed by atoms with E-state index in [4.69, 9.17) is 9.41 Å². The molecular formula is C26H24N2O3. The Kier molecular flexibility index (Phi) is 5.02. The summed E-state index contributed by atoms with van der Waals surface area (Å²) in [5.74, 6) is 0.225. The quantitative estimate of drug-likeness (QED) is 0.561. The van der Waals surface area contributed by atoms with Crippen molar-refractivity contribution in [1.82, 2.24) is 0 Å². The molecule has 5 heteroatoms. The summed E-state index contributed by atoms with van der Waals surface area (Å²) in [6, 6.07) is 20.9. The minimum Gasteiger partial charge on any atom is -0.467 e. The van der Waals surface area contributed by atoms with E-state index >= 15 is 0 Å². The molecule has 1 aliphatic carbocycles. The molecule has 2 aliphatic rings. The summed E-state index contributed by atoms with van der Waals surface area (Å²) < 4.78 is 5.78. The molecule has 2 aromatic carbocycles. The van der Waals surface area contributed by atoms with Gasteiger partial charge in [0.2, 0.25) is 5.91 Å². The molecule has 3 aromatic rings. The first-order valence-electron chi connectivity index (χ1n) is 10.8. The van der Waals surface area contributed by atoms with Crippen LogP contribution in [0.4, 0.5) is 11.4 Å². The van der Waals surface area contributed by atoms with E-state index in [9.17, 15) is 9.59 Å². The lowest BCUT2D eigenvalue weighted by Gasteiger charge is -2.37. The Balaban J connectivity index is 1.67. The van der Waals surface area contributed by atoms with Crippen molar-refractivity contribution in [3.05, 3.63) is 84.3 Å². The molecule has 0 saturated heterocycles. The largest absolute Gasteiger partial charge is 0.467 e. The van der Waals surface area contributed by atoms with Gasteiger partial charge >= 0.3 is 0 Å². The Bertz CT molecular complexity index is 1130. The Hall–Kier alpha value is -3.47. The fraction of sp³-hybridized carbons (Fsp3) is 0.269. The van der Waals surface area contributed by atoms with Crippen molar-refractivity contribution >= 4 is 28.8 Å². The number of furan rings is 1. The molecule has 156 valence electrons. The number of nitrogens with zero attached hydrogens (tertiary/aromatic N) is 2. The monoisotopic (exact) mass is 412 g/mol. The first kappa shape index (κ1) is 19.5. The maximum atomic E-state index is 13.6. The van der Waals surface area contributed by atoms with Crippen LogP contribution < -0.4 is 4.90 Å². The summed E-state index contributed by atoms with van der Waals surface area (Å²) in [7, 11) is 0. The predicted octanol–water partition coefficient (Wildman–Crippen LogP) is 5.61. The minimum atomic E-state index is -0.533. The Morgan fingerprint density at radius 1 is 1.03 bits per heavy atom. The zero-order valence-electron chi connectivity index (χ0n) is 17.4. The Morgan fingerprint density at radius 3 is 2.55 bits per heavy atom. The molecule has 0 spiro atoms. The average molecular weight is 412 g/mol. The number of hydrogen-bond acceptors (Lipinski definition) is 4. The second-order valence-corrected chi connectivity index (χ2v) is 8.13. The van der Waals surface area contributed by atoms with Gasteiger partial charge in [0.05, 0.1) is 23.6 Å². The number of fused-ring (bicyclic) bond motifs is 2. The number of amides is 1. The number of benzene rings is 2. The summed E-state index contributed by atoms with van der Waals surface area (Å²) in [5, 5.41) is 0. The van der Waals surface area contributed by atoms with Gasteiger partial charge in [0, 0.05) is 18.6 Å². The molecule has 0 bridgehead atoms. The number of carbonyl (C=O) groups is 2. The third-order valence-electron chi connectivity index (χ3n) is 6.29. The number of aliphatic imine (C=N–C) groups is 1. The van der Waals surface area contributed by atoms with Gasteiger partial charge in [0.1, 0.15) is 17.6 Å². The van der Waals surface area contributed by atoms with Crippen molar-refractivity contribution in [1.29, 1.82) is 0 Å². The van der Waals surface area contributed by atoms with Crippen molar-refractivity contribution in [2.75, 3.05) is 4.90 Å². The summed E-state index contributed by atoms with van der Waals surface area (Å²) in [4.78, 5) is 33.5.